The Bertz CT molecular complexity index is 360. The van der Waals surface area contributed by atoms with Gasteiger partial charge in [-0.2, -0.15) is 0 Å². The van der Waals surface area contributed by atoms with Crippen LogP contribution in [-0.2, 0) is 6.54 Å². The highest BCUT2D eigenvalue weighted by atomic mass is 16.3. The zero-order valence-corrected chi connectivity index (χ0v) is 10.1. The molecular formula is C14H21NO. The van der Waals surface area contributed by atoms with Crippen molar-refractivity contribution >= 4 is 0 Å². The SMILES string of the molecule is CC(c1ccc(CN)cc1)C1CC1(C)CO. The van der Waals surface area contributed by atoms with E-state index in [1.807, 2.05) is 0 Å². The molecule has 88 valence electrons. The average Bonchev–Trinajstić information content (AvgIpc) is 3.02. The lowest BCUT2D eigenvalue weighted by molar-refractivity contribution is 0.207. The number of hydrogen-bond donors (Lipinski definition) is 2. The number of rotatable bonds is 4. The van der Waals surface area contributed by atoms with Gasteiger partial charge in [0.05, 0.1) is 0 Å². The summed E-state index contributed by atoms with van der Waals surface area (Å²) in [5.74, 6) is 1.16. The fourth-order valence-corrected chi connectivity index (χ4v) is 2.60. The third-order valence-electron chi connectivity index (χ3n) is 4.13. The Kier molecular flexibility index (Phi) is 3.04. The Balaban J connectivity index is 2.07. The van der Waals surface area contributed by atoms with Crippen LogP contribution in [0.3, 0.4) is 0 Å². The van der Waals surface area contributed by atoms with E-state index in [1.54, 1.807) is 0 Å². The van der Waals surface area contributed by atoms with Gasteiger partial charge in [-0.3, -0.25) is 0 Å². The van der Waals surface area contributed by atoms with Crippen LogP contribution in [0.25, 0.3) is 0 Å². The second-order valence-corrected chi connectivity index (χ2v) is 5.36. The molecule has 0 bridgehead atoms. The molecular weight excluding hydrogens is 198 g/mol. The predicted molar refractivity (Wildman–Crippen MR) is 66.0 cm³/mol. The highest BCUT2D eigenvalue weighted by molar-refractivity contribution is 5.27. The molecule has 16 heavy (non-hydrogen) atoms. The maximum absolute atomic E-state index is 9.30. The van der Waals surface area contributed by atoms with Crippen molar-refractivity contribution < 1.29 is 5.11 Å². The molecule has 3 atom stereocenters. The van der Waals surface area contributed by atoms with Gasteiger partial charge < -0.3 is 10.8 Å². The van der Waals surface area contributed by atoms with E-state index in [4.69, 9.17) is 5.73 Å². The molecule has 2 rings (SSSR count). The van der Waals surface area contributed by atoms with Gasteiger partial charge in [0.25, 0.3) is 0 Å². The van der Waals surface area contributed by atoms with Crippen molar-refractivity contribution in [2.45, 2.75) is 32.7 Å². The van der Waals surface area contributed by atoms with E-state index in [2.05, 4.69) is 38.1 Å². The Morgan fingerprint density at radius 1 is 1.44 bits per heavy atom. The van der Waals surface area contributed by atoms with E-state index < -0.39 is 0 Å². The first-order chi connectivity index (χ1) is 7.60. The van der Waals surface area contributed by atoms with Crippen molar-refractivity contribution in [1.82, 2.24) is 0 Å². The quantitative estimate of drug-likeness (QED) is 0.816. The summed E-state index contributed by atoms with van der Waals surface area (Å²) in [6, 6.07) is 8.54. The van der Waals surface area contributed by atoms with Gasteiger partial charge in [-0.05, 0) is 34.8 Å². The number of hydrogen-bond acceptors (Lipinski definition) is 2. The lowest BCUT2D eigenvalue weighted by Crippen LogP contribution is -2.09. The lowest BCUT2D eigenvalue weighted by Gasteiger charge is -2.15. The molecule has 2 heteroatoms. The maximum atomic E-state index is 9.30. The van der Waals surface area contributed by atoms with Gasteiger partial charge in [0.2, 0.25) is 0 Å². The first kappa shape index (κ1) is 11.6. The van der Waals surface area contributed by atoms with E-state index in [0.29, 0.717) is 25.0 Å². The summed E-state index contributed by atoms with van der Waals surface area (Å²) in [4.78, 5) is 0. The van der Waals surface area contributed by atoms with Crippen LogP contribution in [0.4, 0.5) is 0 Å². The number of aliphatic hydroxyl groups excluding tert-OH is 1. The van der Waals surface area contributed by atoms with Crippen LogP contribution in [0.2, 0.25) is 0 Å². The van der Waals surface area contributed by atoms with Gasteiger partial charge in [0.1, 0.15) is 0 Å². The molecule has 0 amide bonds. The molecule has 1 saturated carbocycles. The van der Waals surface area contributed by atoms with Gasteiger partial charge in [0, 0.05) is 13.2 Å². The Morgan fingerprint density at radius 2 is 2.06 bits per heavy atom. The summed E-state index contributed by atoms with van der Waals surface area (Å²) in [6.07, 6.45) is 1.14. The first-order valence-electron chi connectivity index (χ1n) is 6.00. The highest BCUT2D eigenvalue weighted by Gasteiger charge is 2.52. The predicted octanol–water partition coefficient (Wildman–Crippen LogP) is 2.27. The molecule has 1 aliphatic carbocycles. The molecule has 3 N–H and O–H groups in total. The highest BCUT2D eigenvalue weighted by Crippen LogP contribution is 2.58. The number of aliphatic hydroxyl groups is 1. The lowest BCUT2D eigenvalue weighted by atomic mass is 9.91. The molecule has 0 aromatic heterocycles. The van der Waals surface area contributed by atoms with Gasteiger partial charge in [-0.15, -0.1) is 0 Å². The molecule has 3 unspecified atom stereocenters. The Morgan fingerprint density at radius 3 is 2.50 bits per heavy atom. The van der Waals surface area contributed by atoms with E-state index in [1.165, 1.54) is 11.1 Å². The number of nitrogens with two attached hydrogens (primary N) is 1. The van der Waals surface area contributed by atoms with Crippen molar-refractivity contribution in [2.24, 2.45) is 17.1 Å². The second-order valence-electron chi connectivity index (χ2n) is 5.36. The smallest absolute Gasteiger partial charge is 0.0487 e. The minimum Gasteiger partial charge on any atom is -0.396 e. The van der Waals surface area contributed by atoms with Crippen molar-refractivity contribution in [3.63, 3.8) is 0 Å². The van der Waals surface area contributed by atoms with E-state index in [9.17, 15) is 5.11 Å². The monoisotopic (exact) mass is 219 g/mol. The van der Waals surface area contributed by atoms with Gasteiger partial charge in [-0.25, -0.2) is 0 Å². The third-order valence-corrected chi connectivity index (χ3v) is 4.13. The topological polar surface area (TPSA) is 46.2 Å². The average molecular weight is 219 g/mol. The first-order valence-corrected chi connectivity index (χ1v) is 6.00. The zero-order chi connectivity index (χ0) is 11.8. The second kappa shape index (κ2) is 4.19. The molecule has 0 radical (unpaired) electrons. The maximum Gasteiger partial charge on any atom is 0.0487 e. The van der Waals surface area contributed by atoms with Crippen LogP contribution < -0.4 is 5.73 Å². The molecule has 1 aromatic rings. The van der Waals surface area contributed by atoms with Crippen LogP contribution in [-0.4, -0.2) is 11.7 Å². The molecule has 2 nitrogen and oxygen atoms in total. The van der Waals surface area contributed by atoms with E-state index >= 15 is 0 Å². The standard InChI is InChI=1S/C14H21NO/c1-10(13-7-14(13,2)9-16)12-5-3-11(8-15)4-6-12/h3-6,10,13,16H,7-9,15H2,1-2H3. The van der Waals surface area contributed by atoms with Crippen molar-refractivity contribution in [2.75, 3.05) is 6.61 Å². The fraction of sp³-hybridized carbons (Fsp3) is 0.571. The summed E-state index contributed by atoms with van der Waals surface area (Å²) in [7, 11) is 0. The Labute approximate surface area is 97.5 Å². The molecule has 1 fully saturated rings. The van der Waals surface area contributed by atoms with E-state index in [0.717, 1.165) is 6.42 Å². The molecule has 0 saturated heterocycles. The summed E-state index contributed by atoms with van der Waals surface area (Å²) in [6.45, 7) is 5.33. The zero-order valence-electron chi connectivity index (χ0n) is 10.1. The fourth-order valence-electron chi connectivity index (χ4n) is 2.60. The minimum absolute atomic E-state index is 0.159. The number of benzene rings is 1. The van der Waals surface area contributed by atoms with Gasteiger partial charge >= 0.3 is 0 Å². The summed E-state index contributed by atoms with van der Waals surface area (Å²) >= 11 is 0. The van der Waals surface area contributed by atoms with Gasteiger partial charge in [-0.1, -0.05) is 38.1 Å². The summed E-state index contributed by atoms with van der Waals surface area (Å²) < 4.78 is 0. The van der Waals surface area contributed by atoms with Crippen LogP contribution in [0.5, 0.6) is 0 Å². The van der Waals surface area contributed by atoms with Gasteiger partial charge in [0.15, 0.2) is 0 Å². The largest absolute Gasteiger partial charge is 0.396 e. The van der Waals surface area contributed by atoms with Crippen LogP contribution >= 0.6 is 0 Å². The molecule has 1 aliphatic rings. The molecule has 0 aliphatic heterocycles. The minimum atomic E-state index is 0.159. The molecule has 0 heterocycles. The van der Waals surface area contributed by atoms with E-state index in [-0.39, 0.29) is 5.41 Å². The van der Waals surface area contributed by atoms with Crippen LogP contribution in [0, 0.1) is 11.3 Å². The van der Waals surface area contributed by atoms with Crippen molar-refractivity contribution in [3.8, 4) is 0 Å². The van der Waals surface area contributed by atoms with Crippen molar-refractivity contribution in [3.05, 3.63) is 35.4 Å². The Hall–Kier alpha value is -0.860. The summed E-state index contributed by atoms with van der Waals surface area (Å²) in [5.41, 5.74) is 8.28. The van der Waals surface area contributed by atoms with Crippen molar-refractivity contribution in [1.29, 1.82) is 0 Å². The molecule has 1 aromatic carbocycles. The normalized spacial score (nSPS) is 30.1. The summed E-state index contributed by atoms with van der Waals surface area (Å²) in [5, 5.41) is 9.30. The van der Waals surface area contributed by atoms with Crippen LogP contribution in [0.15, 0.2) is 24.3 Å². The molecule has 0 spiro atoms. The third kappa shape index (κ3) is 2.00. The van der Waals surface area contributed by atoms with Crippen LogP contribution in [0.1, 0.15) is 37.3 Å².